The Morgan fingerprint density at radius 1 is 1.26 bits per heavy atom. The molecule has 4 rings (SSSR count). The van der Waals surface area contributed by atoms with Gasteiger partial charge in [-0.2, -0.15) is 0 Å². The van der Waals surface area contributed by atoms with Crippen molar-refractivity contribution in [2.24, 2.45) is 0 Å². The standard InChI is InChI=1S/C18H16BrNO3/c1-11-14(19)6-12(9-20-11)7-17(21)18(4-5-18)13-2-3-15-16(8-13)23-10-22-15/h2-3,6,8-9H,4-5,7,10H2,1H3. The molecule has 0 unspecified atom stereocenters. The Hall–Kier alpha value is -1.88. The molecule has 1 fully saturated rings. The molecule has 1 aromatic heterocycles. The molecular weight excluding hydrogens is 358 g/mol. The number of carbonyl (C=O) groups excluding carboxylic acids is 1. The van der Waals surface area contributed by atoms with Crippen molar-refractivity contribution >= 4 is 21.7 Å². The smallest absolute Gasteiger partial charge is 0.231 e. The van der Waals surface area contributed by atoms with Gasteiger partial charge in [-0.3, -0.25) is 9.78 Å². The fourth-order valence-electron chi connectivity index (χ4n) is 3.04. The van der Waals surface area contributed by atoms with E-state index < -0.39 is 0 Å². The van der Waals surface area contributed by atoms with Crippen LogP contribution in [0.1, 0.15) is 29.7 Å². The Morgan fingerprint density at radius 3 is 2.78 bits per heavy atom. The van der Waals surface area contributed by atoms with Gasteiger partial charge in [0.2, 0.25) is 6.79 Å². The summed E-state index contributed by atoms with van der Waals surface area (Å²) in [5, 5.41) is 0. The zero-order valence-corrected chi connectivity index (χ0v) is 14.4. The van der Waals surface area contributed by atoms with Crippen molar-refractivity contribution in [2.75, 3.05) is 6.79 Å². The van der Waals surface area contributed by atoms with Gasteiger partial charge in [0, 0.05) is 17.1 Å². The molecule has 0 saturated heterocycles. The Labute approximate surface area is 143 Å². The number of ether oxygens (including phenoxy) is 2. The Balaban J connectivity index is 1.59. The molecule has 1 aliphatic carbocycles. The Morgan fingerprint density at radius 2 is 2.04 bits per heavy atom. The summed E-state index contributed by atoms with van der Waals surface area (Å²) in [6.07, 6.45) is 3.98. The van der Waals surface area contributed by atoms with Gasteiger partial charge in [-0.15, -0.1) is 0 Å². The third kappa shape index (κ3) is 2.53. The zero-order chi connectivity index (χ0) is 16.0. The van der Waals surface area contributed by atoms with Gasteiger partial charge in [0.1, 0.15) is 5.78 Å². The SMILES string of the molecule is Cc1ncc(CC(=O)C2(c3ccc4c(c3)OCO4)CC2)cc1Br. The van der Waals surface area contributed by atoms with E-state index in [2.05, 4.69) is 20.9 Å². The molecule has 1 aromatic carbocycles. The van der Waals surface area contributed by atoms with Crippen LogP contribution in [0.5, 0.6) is 11.5 Å². The topological polar surface area (TPSA) is 48.4 Å². The first kappa shape index (κ1) is 14.7. The Kier molecular flexibility index (Phi) is 3.41. The van der Waals surface area contributed by atoms with Crippen LogP contribution in [0.2, 0.25) is 0 Å². The van der Waals surface area contributed by atoms with Crippen LogP contribution in [0.15, 0.2) is 34.9 Å². The maximum Gasteiger partial charge on any atom is 0.231 e. The van der Waals surface area contributed by atoms with Crippen molar-refractivity contribution in [3.63, 3.8) is 0 Å². The molecule has 2 aliphatic rings. The van der Waals surface area contributed by atoms with Crippen LogP contribution in [0.25, 0.3) is 0 Å². The number of hydrogen-bond acceptors (Lipinski definition) is 4. The number of benzene rings is 1. The molecule has 0 amide bonds. The van der Waals surface area contributed by atoms with E-state index in [0.29, 0.717) is 6.42 Å². The molecule has 0 bridgehead atoms. The highest BCUT2D eigenvalue weighted by atomic mass is 79.9. The summed E-state index contributed by atoms with van der Waals surface area (Å²) in [6, 6.07) is 7.82. The molecule has 1 aliphatic heterocycles. The number of carbonyl (C=O) groups is 1. The monoisotopic (exact) mass is 373 g/mol. The van der Waals surface area contributed by atoms with E-state index in [4.69, 9.17) is 9.47 Å². The average molecular weight is 374 g/mol. The van der Waals surface area contributed by atoms with Crippen LogP contribution in [0.3, 0.4) is 0 Å². The minimum atomic E-state index is -0.363. The molecule has 2 aromatic rings. The second kappa shape index (κ2) is 5.34. The molecular formula is C18H16BrNO3. The van der Waals surface area contributed by atoms with E-state index in [1.807, 2.05) is 31.2 Å². The van der Waals surface area contributed by atoms with Crippen LogP contribution in [-0.4, -0.2) is 17.6 Å². The second-order valence-corrected chi connectivity index (χ2v) is 7.02. The highest BCUT2D eigenvalue weighted by molar-refractivity contribution is 9.10. The van der Waals surface area contributed by atoms with Crippen molar-refractivity contribution in [2.45, 2.75) is 31.6 Å². The average Bonchev–Trinajstić information content (AvgIpc) is 3.22. The fraction of sp³-hybridized carbons (Fsp3) is 0.333. The van der Waals surface area contributed by atoms with Crippen LogP contribution in [0.4, 0.5) is 0 Å². The van der Waals surface area contributed by atoms with Crippen LogP contribution in [-0.2, 0) is 16.6 Å². The number of Topliss-reactive ketones (excluding diaryl/α,β-unsaturated/α-hetero) is 1. The minimum absolute atomic E-state index is 0.244. The third-order valence-electron chi connectivity index (χ3n) is 4.66. The van der Waals surface area contributed by atoms with Crippen molar-refractivity contribution < 1.29 is 14.3 Å². The summed E-state index contributed by atoms with van der Waals surface area (Å²) in [4.78, 5) is 17.2. The van der Waals surface area contributed by atoms with E-state index in [9.17, 15) is 4.79 Å². The van der Waals surface area contributed by atoms with Gasteiger partial charge in [0.05, 0.1) is 11.1 Å². The minimum Gasteiger partial charge on any atom is -0.454 e. The molecule has 1 saturated carbocycles. The lowest BCUT2D eigenvalue weighted by Crippen LogP contribution is -2.22. The van der Waals surface area contributed by atoms with Gasteiger partial charge in [-0.1, -0.05) is 6.07 Å². The van der Waals surface area contributed by atoms with Crippen molar-refractivity contribution in [1.82, 2.24) is 4.98 Å². The first-order valence-electron chi connectivity index (χ1n) is 7.63. The summed E-state index contributed by atoms with van der Waals surface area (Å²) in [5.41, 5.74) is 2.54. The summed E-state index contributed by atoms with van der Waals surface area (Å²) in [7, 11) is 0. The van der Waals surface area contributed by atoms with Gasteiger partial charge >= 0.3 is 0 Å². The van der Waals surface area contributed by atoms with Gasteiger partial charge in [-0.25, -0.2) is 0 Å². The number of halogens is 1. The zero-order valence-electron chi connectivity index (χ0n) is 12.8. The number of fused-ring (bicyclic) bond motifs is 1. The molecule has 2 heterocycles. The fourth-order valence-corrected chi connectivity index (χ4v) is 3.44. The van der Waals surface area contributed by atoms with Crippen LogP contribution < -0.4 is 9.47 Å². The molecule has 5 heteroatoms. The van der Waals surface area contributed by atoms with Crippen LogP contribution >= 0.6 is 15.9 Å². The predicted octanol–water partition coefficient (Wildman–Crippen LogP) is 3.72. The van der Waals surface area contributed by atoms with E-state index >= 15 is 0 Å². The highest BCUT2D eigenvalue weighted by Crippen LogP contribution is 2.51. The lowest BCUT2D eigenvalue weighted by atomic mass is 9.88. The maximum absolute atomic E-state index is 12.9. The van der Waals surface area contributed by atoms with E-state index in [-0.39, 0.29) is 18.0 Å². The number of nitrogens with zero attached hydrogens (tertiary/aromatic N) is 1. The van der Waals surface area contributed by atoms with Gasteiger partial charge < -0.3 is 9.47 Å². The largest absolute Gasteiger partial charge is 0.454 e. The molecule has 0 spiro atoms. The second-order valence-electron chi connectivity index (χ2n) is 6.16. The first-order chi connectivity index (χ1) is 11.1. The predicted molar refractivity (Wildman–Crippen MR) is 88.9 cm³/mol. The summed E-state index contributed by atoms with van der Waals surface area (Å²) < 4.78 is 11.7. The quantitative estimate of drug-likeness (QED) is 0.819. The number of aromatic nitrogens is 1. The van der Waals surface area contributed by atoms with E-state index in [1.165, 1.54) is 0 Å². The number of aryl methyl sites for hydroxylation is 1. The van der Waals surface area contributed by atoms with Crippen molar-refractivity contribution in [3.05, 3.63) is 51.8 Å². The lowest BCUT2D eigenvalue weighted by molar-refractivity contribution is -0.120. The molecule has 0 atom stereocenters. The van der Waals surface area contributed by atoms with E-state index in [1.54, 1.807) is 6.20 Å². The van der Waals surface area contributed by atoms with Gasteiger partial charge in [0.25, 0.3) is 0 Å². The molecule has 0 radical (unpaired) electrons. The Bertz CT molecular complexity index is 799. The van der Waals surface area contributed by atoms with Gasteiger partial charge in [-0.05, 0) is 65.0 Å². The third-order valence-corrected chi connectivity index (χ3v) is 5.46. The number of hydrogen-bond donors (Lipinski definition) is 0. The summed E-state index contributed by atoms with van der Waals surface area (Å²) >= 11 is 3.48. The molecule has 4 nitrogen and oxygen atoms in total. The van der Waals surface area contributed by atoms with Crippen molar-refractivity contribution in [3.8, 4) is 11.5 Å². The summed E-state index contributed by atoms with van der Waals surface area (Å²) in [6.45, 7) is 2.19. The molecule has 23 heavy (non-hydrogen) atoms. The number of ketones is 1. The number of pyridine rings is 1. The maximum atomic E-state index is 12.9. The van der Waals surface area contributed by atoms with E-state index in [0.717, 1.165) is 45.6 Å². The number of rotatable bonds is 4. The van der Waals surface area contributed by atoms with Crippen molar-refractivity contribution in [1.29, 1.82) is 0 Å². The summed E-state index contributed by atoms with van der Waals surface area (Å²) in [5.74, 6) is 1.74. The normalized spacial score (nSPS) is 17.1. The molecule has 0 N–H and O–H groups in total. The van der Waals surface area contributed by atoms with Gasteiger partial charge in [0.15, 0.2) is 11.5 Å². The molecule has 118 valence electrons. The first-order valence-corrected chi connectivity index (χ1v) is 8.42. The highest BCUT2D eigenvalue weighted by Gasteiger charge is 2.50. The lowest BCUT2D eigenvalue weighted by Gasteiger charge is -2.15. The van der Waals surface area contributed by atoms with Crippen LogP contribution in [0, 0.1) is 6.92 Å².